The van der Waals surface area contributed by atoms with Crippen molar-refractivity contribution < 1.29 is 4.42 Å². The predicted octanol–water partition coefficient (Wildman–Crippen LogP) is 12.2. The summed E-state index contributed by atoms with van der Waals surface area (Å²) in [5, 5.41) is 7.46. The fourth-order valence-electron chi connectivity index (χ4n) is 6.40. The minimum absolute atomic E-state index is 0.889. The van der Waals surface area contributed by atoms with Gasteiger partial charge in [-0.2, -0.15) is 0 Å². The average Bonchev–Trinajstić information content (AvgIpc) is 3.63. The largest absolute Gasteiger partial charge is 0.456 e. The summed E-state index contributed by atoms with van der Waals surface area (Å²) in [6, 6.07) is 54.3. The minimum Gasteiger partial charge on any atom is -0.456 e. The first-order chi connectivity index (χ1) is 21.3. The van der Waals surface area contributed by atoms with Gasteiger partial charge >= 0.3 is 0 Å². The number of nitrogens with zero attached hydrogens (tertiary/aromatic N) is 1. The van der Waals surface area contributed by atoms with Crippen LogP contribution in [0.1, 0.15) is 0 Å². The number of benzene rings is 7. The van der Waals surface area contributed by atoms with E-state index in [2.05, 4.69) is 144 Å². The summed E-state index contributed by atoms with van der Waals surface area (Å²) in [5.41, 5.74) is 7.50. The highest BCUT2D eigenvalue weighted by Gasteiger charge is 2.19. The quantitative estimate of drug-likeness (QED) is 0.210. The molecule has 43 heavy (non-hydrogen) atoms. The van der Waals surface area contributed by atoms with Crippen LogP contribution in [-0.2, 0) is 0 Å². The molecule has 0 aliphatic rings. The van der Waals surface area contributed by atoms with E-state index in [-0.39, 0.29) is 0 Å². The zero-order valence-electron chi connectivity index (χ0n) is 23.2. The lowest BCUT2D eigenvalue weighted by Gasteiger charge is -2.26. The number of furan rings is 1. The van der Waals surface area contributed by atoms with Crippen molar-refractivity contribution in [2.45, 2.75) is 0 Å². The van der Waals surface area contributed by atoms with E-state index in [1.165, 1.54) is 42.1 Å². The molecule has 0 fully saturated rings. The Kier molecular flexibility index (Phi) is 5.40. The summed E-state index contributed by atoms with van der Waals surface area (Å²) in [4.78, 5) is 2.33. The van der Waals surface area contributed by atoms with Crippen LogP contribution in [0.2, 0.25) is 0 Å². The first-order valence-electron chi connectivity index (χ1n) is 14.5. The summed E-state index contributed by atoms with van der Waals surface area (Å²) in [5.74, 6) is 0. The third-order valence-electron chi connectivity index (χ3n) is 8.43. The molecule has 2 nitrogen and oxygen atoms in total. The molecule has 0 saturated carbocycles. The van der Waals surface area contributed by atoms with Crippen LogP contribution in [0.5, 0.6) is 0 Å². The number of rotatable bonds is 4. The molecular formula is C40H25NOS. The van der Waals surface area contributed by atoms with Crippen LogP contribution >= 0.6 is 11.3 Å². The number of thiophene rings is 1. The molecule has 0 bridgehead atoms. The van der Waals surface area contributed by atoms with E-state index < -0.39 is 0 Å². The zero-order valence-corrected chi connectivity index (χ0v) is 24.0. The van der Waals surface area contributed by atoms with Crippen molar-refractivity contribution in [2.24, 2.45) is 0 Å². The maximum absolute atomic E-state index is 6.24. The summed E-state index contributed by atoms with van der Waals surface area (Å²) in [6.45, 7) is 0. The maximum Gasteiger partial charge on any atom is 0.137 e. The van der Waals surface area contributed by atoms with Gasteiger partial charge in [0.15, 0.2) is 0 Å². The number of fused-ring (bicyclic) bond motifs is 7. The van der Waals surface area contributed by atoms with Crippen LogP contribution in [-0.4, -0.2) is 0 Å². The van der Waals surface area contributed by atoms with Gasteiger partial charge in [0.2, 0.25) is 0 Å². The van der Waals surface area contributed by atoms with Gasteiger partial charge in [-0.3, -0.25) is 0 Å². The fraction of sp³-hybridized carbons (Fsp3) is 0. The number of para-hydroxylation sites is 2. The molecule has 0 unspecified atom stereocenters. The lowest BCUT2D eigenvalue weighted by molar-refractivity contribution is 0.669. The lowest BCUT2D eigenvalue weighted by atomic mass is 9.99. The van der Waals surface area contributed by atoms with Crippen LogP contribution in [0.4, 0.5) is 17.1 Å². The van der Waals surface area contributed by atoms with Gasteiger partial charge in [-0.1, -0.05) is 84.9 Å². The fourth-order valence-corrected chi connectivity index (χ4v) is 7.53. The highest BCUT2D eigenvalue weighted by molar-refractivity contribution is 7.25. The van der Waals surface area contributed by atoms with Crippen molar-refractivity contribution in [1.82, 2.24) is 0 Å². The van der Waals surface area contributed by atoms with E-state index >= 15 is 0 Å². The van der Waals surface area contributed by atoms with Gasteiger partial charge in [-0.15, -0.1) is 11.3 Å². The van der Waals surface area contributed by atoms with Gasteiger partial charge in [0, 0.05) is 36.9 Å². The van der Waals surface area contributed by atoms with Crippen molar-refractivity contribution in [3.63, 3.8) is 0 Å². The van der Waals surface area contributed by atoms with Crippen molar-refractivity contribution in [2.75, 3.05) is 4.90 Å². The molecule has 2 heterocycles. The van der Waals surface area contributed by atoms with Gasteiger partial charge in [0.05, 0.1) is 11.1 Å². The third kappa shape index (κ3) is 3.93. The van der Waals surface area contributed by atoms with E-state index in [4.69, 9.17) is 4.42 Å². The van der Waals surface area contributed by atoms with Crippen molar-refractivity contribution >= 4 is 81.3 Å². The summed E-state index contributed by atoms with van der Waals surface area (Å²) < 4.78 is 8.92. The normalized spacial score (nSPS) is 11.7. The molecule has 9 aromatic rings. The second-order valence-corrected chi connectivity index (χ2v) is 12.1. The van der Waals surface area contributed by atoms with E-state index in [1.54, 1.807) is 0 Å². The third-order valence-corrected chi connectivity index (χ3v) is 9.56. The molecule has 202 valence electrons. The predicted molar refractivity (Wildman–Crippen MR) is 184 cm³/mol. The monoisotopic (exact) mass is 567 g/mol. The van der Waals surface area contributed by atoms with Crippen molar-refractivity contribution in [3.8, 4) is 11.1 Å². The van der Waals surface area contributed by atoms with Crippen LogP contribution in [0.25, 0.3) is 64.0 Å². The molecule has 9 rings (SSSR count). The Morgan fingerprint density at radius 1 is 0.442 bits per heavy atom. The second-order valence-electron chi connectivity index (χ2n) is 11.0. The van der Waals surface area contributed by atoms with E-state index in [9.17, 15) is 0 Å². The second kappa shape index (κ2) is 9.59. The molecule has 0 aliphatic heterocycles. The Bertz CT molecular complexity index is 2450. The molecule has 0 spiro atoms. The van der Waals surface area contributed by atoms with Gasteiger partial charge in [-0.25, -0.2) is 0 Å². The minimum atomic E-state index is 0.889. The van der Waals surface area contributed by atoms with Gasteiger partial charge in [0.1, 0.15) is 11.2 Å². The van der Waals surface area contributed by atoms with Crippen LogP contribution in [0.3, 0.4) is 0 Å². The van der Waals surface area contributed by atoms with Gasteiger partial charge in [0.25, 0.3) is 0 Å². The van der Waals surface area contributed by atoms with Crippen LogP contribution < -0.4 is 4.90 Å². The smallest absolute Gasteiger partial charge is 0.137 e. The maximum atomic E-state index is 6.24. The topological polar surface area (TPSA) is 16.4 Å². The molecule has 0 atom stereocenters. The Morgan fingerprint density at radius 3 is 2.05 bits per heavy atom. The molecule has 2 aromatic heterocycles. The molecule has 0 amide bonds. The van der Waals surface area contributed by atoms with E-state index in [0.717, 1.165) is 39.0 Å². The SMILES string of the molecule is c1ccc(N(c2ccc(-c3ccc4cc5c(cc4c3)sc3ccccc35)cc2)c2cccc3oc4ccccc4c23)cc1. The molecule has 0 saturated heterocycles. The summed E-state index contributed by atoms with van der Waals surface area (Å²) in [7, 11) is 0. The van der Waals surface area contributed by atoms with Crippen LogP contribution in [0, 0.1) is 0 Å². The highest BCUT2D eigenvalue weighted by atomic mass is 32.1. The Balaban J connectivity index is 1.16. The van der Waals surface area contributed by atoms with E-state index in [0.29, 0.717) is 0 Å². The zero-order chi connectivity index (χ0) is 28.3. The number of hydrogen-bond donors (Lipinski definition) is 0. The summed E-state index contributed by atoms with van der Waals surface area (Å²) in [6.07, 6.45) is 0. The molecule has 7 aromatic carbocycles. The van der Waals surface area contributed by atoms with Crippen molar-refractivity contribution in [3.05, 3.63) is 152 Å². The number of hydrogen-bond acceptors (Lipinski definition) is 3. The van der Waals surface area contributed by atoms with E-state index in [1.807, 2.05) is 23.5 Å². The first-order valence-corrected chi connectivity index (χ1v) is 15.3. The molecular weight excluding hydrogens is 543 g/mol. The van der Waals surface area contributed by atoms with Gasteiger partial charge < -0.3 is 9.32 Å². The highest BCUT2D eigenvalue weighted by Crippen LogP contribution is 2.43. The standard InChI is InChI=1S/C40H25NOS/c1-2-9-30(10-3-1)41(35-13-8-15-37-40(35)33-12-4-6-14-36(33)42-37)31-21-19-26(20-22-31)27-17-18-28-24-34-32-11-5-7-16-38(32)43-39(34)25-29(28)23-27/h1-25H. The molecule has 0 aliphatic carbocycles. The average molecular weight is 568 g/mol. The number of anilines is 3. The molecule has 0 radical (unpaired) electrons. The summed E-state index contributed by atoms with van der Waals surface area (Å²) >= 11 is 1.87. The first kappa shape index (κ1) is 24.2. The Hall–Kier alpha value is -5.38. The lowest BCUT2D eigenvalue weighted by Crippen LogP contribution is -2.10. The Morgan fingerprint density at radius 2 is 1.16 bits per heavy atom. The molecule has 0 N–H and O–H groups in total. The van der Waals surface area contributed by atoms with Gasteiger partial charge in [-0.05, 0) is 88.6 Å². The van der Waals surface area contributed by atoms with Crippen molar-refractivity contribution in [1.29, 1.82) is 0 Å². The molecule has 3 heteroatoms. The Labute approximate surface area is 252 Å². The van der Waals surface area contributed by atoms with Crippen LogP contribution in [0.15, 0.2) is 156 Å².